The van der Waals surface area contributed by atoms with Crippen LogP contribution in [0.2, 0.25) is 0 Å². The normalized spacial score (nSPS) is 35.1. The lowest BCUT2D eigenvalue weighted by Gasteiger charge is -2.30. The zero-order chi connectivity index (χ0) is 15.0. The van der Waals surface area contributed by atoms with Gasteiger partial charge in [0.2, 0.25) is 0 Å². The number of hydrogen-bond donors (Lipinski definition) is 3. The molecular formula is C11H18N5O4P. The molecule has 4 N–H and O–H groups in total. The van der Waals surface area contributed by atoms with Crippen molar-refractivity contribution in [2.24, 2.45) is 26.6 Å². The molecule has 2 unspecified atom stereocenters. The minimum Gasteiger partial charge on any atom is -0.385 e. The van der Waals surface area contributed by atoms with Crippen molar-refractivity contribution in [3.8, 4) is 0 Å². The van der Waals surface area contributed by atoms with Crippen molar-refractivity contribution in [2.45, 2.75) is 31.3 Å². The van der Waals surface area contributed by atoms with Gasteiger partial charge in [0.25, 0.3) is 0 Å². The second-order valence-corrected chi connectivity index (χ2v) is 7.23. The fraction of sp³-hybridized carbons (Fsp3) is 0.727. The lowest BCUT2D eigenvalue weighted by atomic mass is 10.0. The maximum absolute atomic E-state index is 10.9. The predicted octanol–water partition coefficient (Wildman–Crippen LogP) is -0.646. The number of rotatable bonds is 4. The first kappa shape index (κ1) is 14.6. The lowest BCUT2D eigenvalue weighted by Crippen LogP contribution is -2.47. The molecule has 0 aromatic rings. The largest absolute Gasteiger partial charge is 0.385 e. The average Bonchev–Trinajstić information content (AvgIpc) is 3.02. The first-order valence-corrected chi connectivity index (χ1v) is 8.55. The Hall–Kier alpha value is -1.28. The predicted molar refractivity (Wildman–Crippen MR) is 77.4 cm³/mol. The van der Waals surface area contributed by atoms with E-state index in [2.05, 4.69) is 15.0 Å². The molecule has 0 bridgehead atoms. The van der Waals surface area contributed by atoms with Gasteiger partial charge in [-0.05, 0) is 18.8 Å². The van der Waals surface area contributed by atoms with Gasteiger partial charge >= 0.3 is 7.60 Å². The molecule has 0 spiro atoms. The molecule has 0 saturated carbocycles. The maximum Gasteiger partial charge on any atom is 0.325 e. The third kappa shape index (κ3) is 3.16. The van der Waals surface area contributed by atoms with Gasteiger partial charge in [-0.3, -0.25) is 9.56 Å². The van der Waals surface area contributed by atoms with E-state index in [0.29, 0.717) is 25.3 Å². The van der Waals surface area contributed by atoms with Crippen molar-refractivity contribution in [3.63, 3.8) is 0 Å². The van der Waals surface area contributed by atoms with E-state index in [4.69, 9.17) is 20.3 Å². The molecule has 1 saturated heterocycles. The van der Waals surface area contributed by atoms with Gasteiger partial charge in [0.15, 0.2) is 6.17 Å². The molecule has 116 valence electrons. The molecule has 9 nitrogen and oxygen atoms in total. The van der Waals surface area contributed by atoms with Gasteiger partial charge in [0.05, 0.1) is 19.1 Å². The molecule has 3 heterocycles. The summed E-state index contributed by atoms with van der Waals surface area (Å²) in [6.45, 7) is 0.486. The molecule has 4 atom stereocenters. The molecule has 0 aromatic carbocycles. The highest BCUT2D eigenvalue weighted by Gasteiger charge is 2.41. The zero-order valence-electron chi connectivity index (χ0n) is 11.3. The Labute approximate surface area is 121 Å². The zero-order valence-corrected chi connectivity index (χ0v) is 12.2. The van der Waals surface area contributed by atoms with Gasteiger partial charge in [-0.25, -0.2) is 9.98 Å². The number of nitrogens with zero attached hydrogens (tertiary/aromatic N) is 4. The van der Waals surface area contributed by atoms with Crippen LogP contribution in [0, 0.1) is 5.92 Å². The van der Waals surface area contributed by atoms with E-state index in [0.717, 1.165) is 0 Å². The van der Waals surface area contributed by atoms with E-state index in [1.807, 2.05) is 4.90 Å². The topological polar surface area (TPSA) is 133 Å². The third-order valence-corrected chi connectivity index (χ3v) is 4.74. The highest BCUT2D eigenvalue weighted by molar-refractivity contribution is 7.51. The van der Waals surface area contributed by atoms with Crippen molar-refractivity contribution in [2.75, 3.05) is 12.8 Å². The van der Waals surface area contributed by atoms with Gasteiger partial charge < -0.3 is 25.2 Å². The molecular weight excluding hydrogens is 297 g/mol. The Morgan fingerprint density at radius 2 is 2.29 bits per heavy atom. The summed E-state index contributed by atoms with van der Waals surface area (Å²) in [6, 6.07) is -0.271. The van der Waals surface area contributed by atoms with Crippen LogP contribution in [0.5, 0.6) is 0 Å². The number of nitrogens with two attached hydrogens (primary N) is 1. The summed E-state index contributed by atoms with van der Waals surface area (Å²) in [5.41, 5.74) is 5.79. The van der Waals surface area contributed by atoms with Crippen LogP contribution in [0.3, 0.4) is 0 Å². The number of fused-ring (bicyclic) bond motifs is 1. The van der Waals surface area contributed by atoms with Crippen molar-refractivity contribution in [1.29, 1.82) is 0 Å². The molecule has 0 radical (unpaired) electrons. The van der Waals surface area contributed by atoms with Crippen LogP contribution >= 0.6 is 7.60 Å². The Bertz CT molecular complexity index is 545. The molecule has 0 aromatic heterocycles. The first-order valence-electron chi connectivity index (χ1n) is 6.76. The summed E-state index contributed by atoms with van der Waals surface area (Å²) in [7, 11) is -3.95. The van der Waals surface area contributed by atoms with Crippen LogP contribution in [0.4, 0.5) is 0 Å². The third-order valence-electron chi connectivity index (χ3n) is 3.90. The van der Waals surface area contributed by atoms with Gasteiger partial charge in [0.1, 0.15) is 24.4 Å². The van der Waals surface area contributed by atoms with Crippen LogP contribution in [0.1, 0.15) is 12.8 Å². The second kappa shape index (κ2) is 5.49. The number of aliphatic imine (C=N–C) groups is 3. The Morgan fingerprint density at radius 1 is 1.48 bits per heavy atom. The summed E-state index contributed by atoms with van der Waals surface area (Å²) in [4.78, 5) is 32.3. The standard InChI is InChI=1S/C11H18N5O4P/c12-10-9-11(14-5-13-10)16(6-15-9)8-3-7(4-20-8)1-2-21(17,18)19/h5-9,11H,1-4H2,(H2,12,13,14)(H2,17,18,19)/t7-,8-,9?,11?/m1/s1. The SMILES string of the molecule is NC1=NC=NC2C1N=CN2[C@H]1C[C@@H](CCP(=O)(O)O)CO1. The van der Waals surface area contributed by atoms with Gasteiger partial charge in [-0.2, -0.15) is 0 Å². The number of amidine groups is 1. The van der Waals surface area contributed by atoms with Gasteiger partial charge in [0, 0.05) is 0 Å². The molecule has 3 rings (SSSR count). The van der Waals surface area contributed by atoms with E-state index < -0.39 is 7.60 Å². The van der Waals surface area contributed by atoms with E-state index >= 15 is 0 Å². The second-order valence-electron chi connectivity index (χ2n) is 5.46. The van der Waals surface area contributed by atoms with Crippen molar-refractivity contribution < 1.29 is 19.1 Å². The molecule has 1 fully saturated rings. The fourth-order valence-electron chi connectivity index (χ4n) is 2.76. The minimum atomic E-state index is -3.95. The van der Waals surface area contributed by atoms with Crippen molar-refractivity contribution >= 4 is 26.1 Å². The summed E-state index contributed by atoms with van der Waals surface area (Å²) < 4.78 is 16.7. The summed E-state index contributed by atoms with van der Waals surface area (Å²) in [5.74, 6) is 0.568. The number of ether oxygens (including phenoxy) is 1. The van der Waals surface area contributed by atoms with Crippen LogP contribution in [0.25, 0.3) is 0 Å². The first-order chi connectivity index (χ1) is 9.94. The highest BCUT2D eigenvalue weighted by atomic mass is 31.2. The van der Waals surface area contributed by atoms with Crippen molar-refractivity contribution in [1.82, 2.24) is 4.90 Å². The summed E-state index contributed by atoms with van der Waals surface area (Å²) in [5, 5.41) is 0. The highest BCUT2D eigenvalue weighted by Crippen LogP contribution is 2.38. The van der Waals surface area contributed by atoms with E-state index in [9.17, 15) is 4.57 Å². The Balaban J connectivity index is 1.58. The lowest BCUT2D eigenvalue weighted by molar-refractivity contribution is 0.00816. The maximum atomic E-state index is 10.9. The van der Waals surface area contributed by atoms with E-state index in [-0.39, 0.29) is 30.5 Å². The molecule has 0 aliphatic carbocycles. The van der Waals surface area contributed by atoms with Crippen LogP contribution in [-0.2, 0) is 9.30 Å². The van der Waals surface area contributed by atoms with Gasteiger partial charge in [-0.15, -0.1) is 0 Å². The molecule has 10 heteroatoms. The summed E-state index contributed by atoms with van der Waals surface area (Å²) in [6.07, 6.45) is 3.73. The van der Waals surface area contributed by atoms with Crippen LogP contribution in [-0.4, -0.2) is 64.4 Å². The summed E-state index contributed by atoms with van der Waals surface area (Å²) >= 11 is 0. The van der Waals surface area contributed by atoms with Gasteiger partial charge in [-0.1, -0.05) is 0 Å². The minimum absolute atomic E-state index is 0.106. The smallest absolute Gasteiger partial charge is 0.325 e. The van der Waals surface area contributed by atoms with Crippen LogP contribution in [0.15, 0.2) is 15.0 Å². The van der Waals surface area contributed by atoms with Crippen molar-refractivity contribution in [3.05, 3.63) is 0 Å². The molecule has 21 heavy (non-hydrogen) atoms. The monoisotopic (exact) mass is 315 g/mol. The molecule has 0 amide bonds. The number of hydrogen-bond acceptors (Lipinski definition) is 7. The quantitative estimate of drug-likeness (QED) is 0.591. The Kier molecular flexibility index (Phi) is 3.83. The molecule has 3 aliphatic heterocycles. The van der Waals surface area contributed by atoms with Crippen LogP contribution < -0.4 is 5.73 Å². The van der Waals surface area contributed by atoms with E-state index in [1.165, 1.54) is 6.34 Å². The fourth-order valence-corrected chi connectivity index (χ4v) is 3.46. The molecule has 3 aliphatic rings. The Morgan fingerprint density at radius 3 is 3.05 bits per heavy atom. The van der Waals surface area contributed by atoms with E-state index in [1.54, 1.807) is 6.34 Å². The average molecular weight is 315 g/mol.